The Morgan fingerprint density at radius 2 is 1.81 bits per heavy atom. The van der Waals surface area contributed by atoms with Crippen molar-refractivity contribution in [2.45, 2.75) is 18.8 Å². The van der Waals surface area contributed by atoms with Crippen LogP contribution < -0.4 is 4.90 Å². The number of benzene rings is 1. The molecule has 0 aliphatic carbocycles. The van der Waals surface area contributed by atoms with Gasteiger partial charge in [0.1, 0.15) is 17.5 Å². The van der Waals surface area contributed by atoms with Crippen molar-refractivity contribution in [1.82, 2.24) is 4.98 Å². The van der Waals surface area contributed by atoms with Crippen LogP contribution in [-0.2, 0) is 0 Å². The summed E-state index contributed by atoms with van der Waals surface area (Å²) in [7, 11) is 0. The van der Waals surface area contributed by atoms with Gasteiger partial charge >= 0.3 is 0 Å². The second-order valence-corrected chi connectivity index (χ2v) is 5.37. The molecule has 1 aliphatic rings. The molecule has 3 rings (SSSR count). The zero-order chi connectivity index (χ0) is 14.7. The third-order valence-corrected chi connectivity index (χ3v) is 4.09. The van der Waals surface area contributed by atoms with Gasteiger partial charge in [-0.05, 0) is 48.6 Å². The van der Waals surface area contributed by atoms with Gasteiger partial charge in [-0.1, -0.05) is 12.1 Å². The van der Waals surface area contributed by atoms with Gasteiger partial charge in [-0.3, -0.25) is 0 Å². The predicted molar refractivity (Wildman–Crippen MR) is 81.2 cm³/mol. The zero-order valence-electron chi connectivity index (χ0n) is 11.7. The van der Waals surface area contributed by atoms with Crippen molar-refractivity contribution in [3.05, 3.63) is 53.9 Å². The van der Waals surface area contributed by atoms with E-state index in [1.807, 2.05) is 24.3 Å². The largest absolute Gasteiger partial charge is 0.508 e. The molecular weight excluding hydrogens is 262 g/mol. The summed E-state index contributed by atoms with van der Waals surface area (Å²) in [5.41, 5.74) is 2.83. The van der Waals surface area contributed by atoms with Gasteiger partial charge in [0, 0.05) is 13.1 Å². The number of phenolic OH excluding ortho intramolecular Hbond substituents is 1. The lowest BCUT2D eigenvalue weighted by atomic mass is 9.89. The minimum Gasteiger partial charge on any atom is -0.508 e. The van der Waals surface area contributed by atoms with E-state index in [2.05, 4.69) is 9.88 Å². The maximum Gasteiger partial charge on any atom is 0.140 e. The fourth-order valence-corrected chi connectivity index (χ4v) is 2.86. The van der Waals surface area contributed by atoms with E-state index in [1.165, 1.54) is 5.56 Å². The highest BCUT2D eigenvalue weighted by atomic mass is 16.3. The van der Waals surface area contributed by atoms with Crippen LogP contribution in [0.25, 0.3) is 0 Å². The normalized spacial score (nSPS) is 15.7. The molecule has 0 unspecified atom stereocenters. The monoisotopic (exact) mass is 279 g/mol. The van der Waals surface area contributed by atoms with Crippen LogP contribution in [0.2, 0.25) is 0 Å². The lowest BCUT2D eigenvalue weighted by Gasteiger charge is -2.33. The van der Waals surface area contributed by atoms with Gasteiger partial charge in [-0.25, -0.2) is 4.98 Å². The van der Waals surface area contributed by atoms with E-state index < -0.39 is 0 Å². The van der Waals surface area contributed by atoms with Crippen LogP contribution in [0.15, 0.2) is 42.6 Å². The molecule has 2 heterocycles. The number of aromatic hydroxyl groups is 1. The first-order valence-corrected chi connectivity index (χ1v) is 7.16. The molecular formula is C17H17N3O. The number of nitriles is 1. The molecule has 1 aliphatic heterocycles. The highest BCUT2D eigenvalue weighted by Crippen LogP contribution is 2.30. The Balaban J connectivity index is 1.64. The minimum absolute atomic E-state index is 0.319. The molecule has 0 amide bonds. The van der Waals surface area contributed by atoms with Gasteiger partial charge in [0.25, 0.3) is 0 Å². The summed E-state index contributed by atoms with van der Waals surface area (Å²) >= 11 is 0. The number of anilines is 1. The van der Waals surface area contributed by atoms with Gasteiger partial charge in [0.15, 0.2) is 0 Å². The Kier molecular flexibility index (Phi) is 3.74. The standard InChI is InChI=1S/C17H17N3O/c18-11-15-3-4-16(12-19-15)20-9-7-14(8-10-20)13-1-5-17(21)6-2-13/h1-6,12,14,21H,7-10H2. The van der Waals surface area contributed by atoms with Crippen LogP contribution in [-0.4, -0.2) is 23.2 Å². The number of piperidine rings is 1. The Hall–Kier alpha value is -2.54. The predicted octanol–water partition coefficient (Wildman–Crippen LogP) is 3.04. The van der Waals surface area contributed by atoms with Gasteiger partial charge in [0.2, 0.25) is 0 Å². The second-order valence-electron chi connectivity index (χ2n) is 5.37. The third kappa shape index (κ3) is 2.97. The number of hydrogen-bond acceptors (Lipinski definition) is 4. The average Bonchev–Trinajstić information content (AvgIpc) is 2.56. The van der Waals surface area contributed by atoms with E-state index in [0.29, 0.717) is 17.4 Å². The fourth-order valence-electron chi connectivity index (χ4n) is 2.86. The molecule has 21 heavy (non-hydrogen) atoms. The summed E-state index contributed by atoms with van der Waals surface area (Å²) in [6.07, 6.45) is 3.95. The molecule has 1 N–H and O–H groups in total. The summed E-state index contributed by atoms with van der Waals surface area (Å²) in [5.74, 6) is 0.869. The Morgan fingerprint density at radius 1 is 1.10 bits per heavy atom. The minimum atomic E-state index is 0.319. The molecule has 1 aromatic heterocycles. The summed E-state index contributed by atoms with van der Waals surface area (Å²) < 4.78 is 0. The maximum absolute atomic E-state index is 9.35. The molecule has 106 valence electrons. The molecule has 1 fully saturated rings. The lowest BCUT2D eigenvalue weighted by Crippen LogP contribution is -2.32. The quantitative estimate of drug-likeness (QED) is 0.918. The van der Waals surface area contributed by atoms with Gasteiger partial charge in [-0.15, -0.1) is 0 Å². The number of aromatic nitrogens is 1. The molecule has 2 aromatic rings. The molecule has 0 saturated carbocycles. The van der Waals surface area contributed by atoms with E-state index in [4.69, 9.17) is 5.26 Å². The number of nitrogens with zero attached hydrogens (tertiary/aromatic N) is 3. The van der Waals surface area contributed by atoms with E-state index in [9.17, 15) is 5.11 Å². The zero-order valence-corrected chi connectivity index (χ0v) is 11.7. The fraction of sp³-hybridized carbons (Fsp3) is 0.294. The van der Waals surface area contributed by atoms with Crippen molar-refractivity contribution in [1.29, 1.82) is 5.26 Å². The molecule has 4 nitrogen and oxygen atoms in total. The molecule has 0 spiro atoms. The van der Waals surface area contributed by atoms with Gasteiger partial charge in [0.05, 0.1) is 11.9 Å². The molecule has 1 aromatic carbocycles. The number of rotatable bonds is 2. The lowest BCUT2D eigenvalue weighted by molar-refractivity contribution is 0.473. The summed E-state index contributed by atoms with van der Waals surface area (Å²) in [4.78, 5) is 6.44. The van der Waals surface area contributed by atoms with E-state index in [0.717, 1.165) is 31.6 Å². The van der Waals surface area contributed by atoms with E-state index in [-0.39, 0.29) is 0 Å². The summed E-state index contributed by atoms with van der Waals surface area (Å²) in [6, 6.07) is 13.3. The summed E-state index contributed by atoms with van der Waals surface area (Å²) in [6.45, 7) is 1.97. The van der Waals surface area contributed by atoms with Gasteiger partial charge in [-0.2, -0.15) is 5.26 Å². The Bertz CT molecular complexity index is 635. The van der Waals surface area contributed by atoms with E-state index >= 15 is 0 Å². The van der Waals surface area contributed by atoms with Gasteiger partial charge < -0.3 is 10.0 Å². The van der Waals surface area contributed by atoms with Crippen molar-refractivity contribution < 1.29 is 5.11 Å². The van der Waals surface area contributed by atoms with Crippen molar-refractivity contribution in [3.8, 4) is 11.8 Å². The van der Waals surface area contributed by atoms with Crippen LogP contribution >= 0.6 is 0 Å². The number of phenols is 1. The van der Waals surface area contributed by atoms with Crippen LogP contribution in [0.4, 0.5) is 5.69 Å². The molecule has 4 heteroatoms. The topological polar surface area (TPSA) is 60.2 Å². The number of hydrogen-bond donors (Lipinski definition) is 1. The van der Waals surface area contributed by atoms with Crippen molar-refractivity contribution >= 4 is 5.69 Å². The van der Waals surface area contributed by atoms with Crippen LogP contribution in [0.1, 0.15) is 30.0 Å². The second kappa shape index (κ2) is 5.84. The van der Waals surface area contributed by atoms with Crippen LogP contribution in [0.3, 0.4) is 0 Å². The third-order valence-electron chi connectivity index (χ3n) is 4.09. The highest BCUT2D eigenvalue weighted by molar-refractivity contribution is 5.46. The van der Waals surface area contributed by atoms with Crippen LogP contribution in [0, 0.1) is 11.3 Å². The van der Waals surface area contributed by atoms with Crippen molar-refractivity contribution in [2.24, 2.45) is 0 Å². The average molecular weight is 279 g/mol. The Morgan fingerprint density at radius 3 is 2.38 bits per heavy atom. The SMILES string of the molecule is N#Cc1ccc(N2CCC(c3ccc(O)cc3)CC2)cn1. The van der Waals surface area contributed by atoms with Crippen molar-refractivity contribution in [3.63, 3.8) is 0 Å². The first-order valence-electron chi connectivity index (χ1n) is 7.16. The number of pyridine rings is 1. The van der Waals surface area contributed by atoms with Crippen molar-refractivity contribution in [2.75, 3.05) is 18.0 Å². The van der Waals surface area contributed by atoms with Crippen LogP contribution in [0.5, 0.6) is 5.75 Å². The first-order chi connectivity index (χ1) is 10.3. The Labute approximate surface area is 124 Å². The highest BCUT2D eigenvalue weighted by Gasteiger charge is 2.20. The van der Waals surface area contributed by atoms with E-state index in [1.54, 1.807) is 24.4 Å². The maximum atomic E-state index is 9.35. The molecule has 1 saturated heterocycles. The smallest absolute Gasteiger partial charge is 0.140 e. The summed E-state index contributed by atoms with van der Waals surface area (Å²) in [5, 5.41) is 18.1. The first kappa shape index (κ1) is 13.4. The molecule has 0 atom stereocenters. The molecule has 0 bridgehead atoms. The molecule has 0 radical (unpaired) electrons.